The largest absolute Gasteiger partial charge is 0.496 e. The van der Waals surface area contributed by atoms with E-state index in [1.54, 1.807) is 38.3 Å². The minimum absolute atomic E-state index is 0.0410. The number of ether oxygens (including phenoxy) is 2. The van der Waals surface area contributed by atoms with Gasteiger partial charge in [-0.05, 0) is 38.1 Å². The number of hydrogen-bond donors (Lipinski definition) is 1. The van der Waals surface area contributed by atoms with Crippen LogP contribution in [0.3, 0.4) is 0 Å². The molecule has 5 nitrogen and oxygen atoms in total. The maximum Gasteiger partial charge on any atom is 0.311 e. The molecule has 0 aromatic heterocycles. The Morgan fingerprint density at radius 1 is 1.20 bits per heavy atom. The Bertz CT molecular complexity index is 776. The van der Waals surface area contributed by atoms with E-state index in [9.17, 15) is 9.59 Å². The van der Waals surface area contributed by atoms with Crippen molar-refractivity contribution in [2.45, 2.75) is 26.4 Å². The molecule has 0 heterocycles. The molecule has 0 saturated heterocycles. The van der Waals surface area contributed by atoms with Crippen LogP contribution in [0.5, 0.6) is 5.75 Å². The molecule has 1 atom stereocenters. The molecule has 1 amide bonds. The first kappa shape index (κ1) is 19.0. The van der Waals surface area contributed by atoms with Crippen LogP contribution < -0.4 is 10.1 Å². The van der Waals surface area contributed by atoms with E-state index in [0.29, 0.717) is 11.4 Å². The molecular formula is C19H20BrNO4. The van der Waals surface area contributed by atoms with Crippen LogP contribution in [0.15, 0.2) is 46.9 Å². The van der Waals surface area contributed by atoms with Crippen LogP contribution in [0.4, 0.5) is 5.69 Å². The van der Waals surface area contributed by atoms with E-state index in [1.807, 2.05) is 25.1 Å². The quantitative estimate of drug-likeness (QED) is 0.740. The standard InChI is InChI=1S/C19H20BrNO4/c1-12-7-8-17(24-3)14(9-12)10-18(22)25-13(2)19(23)21-16-6-4-5-15(20)11-16/h4-9,11,13H,10H2,1-3H3,(H,21,23)/t13-/m1/s1. The summed E-state index contributed by atoms with van der Waals surface area (Å²) in [5, 5.41) is 2.71. The Kier molecular flexibility index (Phi) is 6.58. The second-order valence-electron chi connectivity index (χ2n) is 5.62. The summed E-state index contributed by atoms with van der Waals surface area (Å²) >= 11 is 3.34. The third kappa shape index (κ3) is 5.60. The highest BCUT2D eigenvalue weighted by molar-refractivity contribution is 9.10. The topological polar surface area (TPSA) is 64.6 Å². The SMILES string of the molecule is COc1ccc(C)cc1CC(=O)O[C@H](C)C(=O)Nc1cccc(Br)c1. The van der Waals surface area contributed by atoms with Gasteiger partial charge in [-0.2, -0.15) is 0 Å². The maximum absolute atomic E-state index is 12.2. The molecule has 132 valence electrons. The average molecular weight is 406 g/mol. The van der Waals surface area contributed by atoms with E-state index < -0.39 is 12.1 Å². The van der Waals surface area contributed by atoms with E-state index in [2.05, 4.69) is 21.2 Å². The van der Waals surface area contributed by atoms with Crippen molar-refractivity contribution in [2.75, 3.05) is 12.4 Å². The summed E-state index contributed by atoms with van der Waals surface area (Å²) in [4.78, 5) is 24.3. The first-order valence-corrected chi connectivity index (χ1v) is 8.57. The lowest BCUT2D eigenvalue weighted by atomic mass is 10.1. The number of amides is 1. The Morgan fingerprint density at radius 3 is 2.64 bits per heavy atom. The molecule has 1 N–H and O–H groups in total. The first-order valence-electron chi connectivity index (χ1n) is 7.78. The van der Waals surface area contributed by atoms with Crippen molar-refractivity contribution in [3.63, 3.8) is 0 Å². The lowest BCUT2D eigenvalue weighted by molar-refractivity contribution is -0.152. The summed E-state index contributed by atoms with van der Waals surface area (Å²) in [6, 6.07) is 12.8. The van der Waals surface area contributed by atoms with Crippen molar-refractivity contribution in [3.05, 3.63) is 58.1 Å². The molecule has 2 rings (SSSR count). The molecule has 2 aromatic rings. The van der Waals surface area contributed by atoms with Crippen LogP contribution in [0.1, 0.15) is 18.1 Å². The lowest BCUT2D eigenvalue weighted by Gasteiger charge is -2.15. The minimum atomic E-state index is -0.901. The van der Waals surface area contributed by atoms with Crippen molar-refractivity contribution in [3.8, 4) is 5.75 Å². The fraction of sp³-hybridized carbons (Fsp3) is 0.263. The molecule has 0 spiro atoms. The monoisotopic (exact) mass is 405 g/mol. The molecular weight excluding hydrogens is 386 g/mol. The molecule has 0 aliphatic carbocycles. The molecule has 0 saturated carbocycles. The average Bonchev–Trinajstić information content (AvgIpc) is 2.55. The van der Waals surface area contributed by atoms with Gasteiger partial charge in [0.25, 0.3) is 5.91 Å². The zero-order valence-corrected chi connectivity index (χ0v) is 15.9. The number of rotatable bonds is 6. The third-order valence-corrected chi connectivity index (χ3v) is 4.03. The molecule has 0 fully saturated rings. The second-order valence-corrected chi connectivity index (χ2v) is 6.54. The van der Waals surface area contributed by atoms with Crippen molar-refractivity contribution < 1.29 is 19.1 Å². The Morgan fingerprint density at radius 2 is 1.96 bits per heavy atom. The van der Waals surface area contributed by atoms with Crippen molar-refractivity contribution in [1.29, 1.82) is 0 Å². The summed E-state index contributed by atoms with van der Waals surface area (Å²) in [7, 11) is 1.55. The van der Waals surface area contributed by atoms with Gasteiger partial charge in [0.15, 0.2) is 6.10 Å². The fourth-order valence-electron chi connectivity index (χ4n) is 2.30. The van der Waals surface area contributed by atoms with E-state index >= 15 is 0 Å². The molecule has 6 heteroatoms. The van der Waals surface area contributed by atoms with Crippen LogP contribution in [-0.4, -0.2) is 25.1 Å². The molecule has 0 unspecified atom stereocenters. The van der Waals surface area contributed by atoms with Crippen LogP contribution in [-0.2, 0) is 20.7 Å². The van der Waals surface area contributed by atoms with E-state index in [1.165, 1.54) is 0 Å². The van der Waals surface area contributed by atoms with Gasteiger partial charge in [0.2, 0.25) is 0 Å². The number of carbonyl (C=O) groups is 2. The van der Waals surface area contributed by atoms with Crippen LogP contribution >= 0.6 is 15.9 Å². The Hall–Kier alpha value is -2.34. The summed E-state index contributed by atoms with van der Waals surface area (Å²) in [6.07, 6.45) is -0.860. The number of aryl methyl sites for hydroxylation is 1. The Balaban J connectivity index is 1.95. The van der Waals surface area contributed by atoms with Gasteiger partial charge < -0.3 is 14.8 Å². The van der Waals surface area contributed by atoms with Crippen molar-refractivity contribution in [1.82, 2.24) is 0 Å². The van der Waals surface area contributed by atoms with Gasteiger partial charge in [0.05, 0.1) is 13.5 Å². The number of nitrogens with one attached hydrogen (secondary N) is 1. The van der Waals surface area contributed by atoms with Gasteiger partial charge in [0.1, 0.15) is 5.75 Å². The molecule has 0 radical (unpaired) electrons. The highest BCUT2D eigenvalue weighted by Crippen LogP contribution is 2.21. The van der Waals surface area contributed by atoms with E-state index in [4.69, 9.17) is 9.47 Å². The van der Waals surface area contributed by atoms with Crippen LogP contribution in [0, 0.1) is 6.92 Å². The number of hydrogen-bond acceptors (Lipinski definition) is 4. The number of anilines is 1. The molecule has 0 aliphatic heterocycles. The smallest absolute Gasteiger partial charge is 0.311 e. The van der Waals surface area contributed by atoms with Crippen molar-refractivity contribution >= 4 is 33.5 Å². The number of esters is 1. The number of carbonyl (C=O) groups excluding carboxylic acids is 2. The second kappa shape index (κ2) is 8.67. The van der Waals surface area contributed by atoms with Gasteiger partial charge in [-0.25, -0.2) is 0 Å². The fourth-order valence-corrected chi connectivity index (χ4v) is 2.70. The predicted molar refractivity (Wildman–Crippen MR) is 99.8 cm³/mol. The Labute approximate surface area is 155 Å². The van der Waals surface area contributed by atoms with Crippen LogP contribution in [0.25, 0.3) is 0 Å². The highest BCUT2D eigenvalue weighted by atomic mass is 79.9. The molecule has 0 bridgehead atoms. The van der Waals surface area contributed by atoms with E-state index in [-0.39, 0.29) is 12.3 Å². The highest BCUT2D eigenvalue weighted by Gasteiger charge is 2.19. The van der Waals surface area contributed by atoms with Gasteiger partial charge in [-0.1, -0.05) is 39.7 Å². The zero-order valence-electron chi connectivity index (χ0n) is 14.3. The van der Waals surface area contributed by atoms with Crippen LogP contribution in [0.2, 0.25) is 0 Å². The van der Waals surface area contributed by atoms with Gasteiger partial charge in [-0.3, -0.25) is 9.59 Å². The van der Waals surface area contributed by atoms with Gasteiger partial charge in [-0.15, -0.1) is 0 Å². The number of halogens is 1. The first-order chi connectivity index (χ1) is 11.9. The van der Waals surface area contributed by atoms with Gasteiger partial charge in [0, 0.05) is 15.7 Å². The summed E-state index contributed by atoms with van der Waals surface area (Å²) in [5.41, 5.74) is 2.37. The zero-order chi connectivity index (χ0) is 18.4. The number of benzene rings is 2. The molecule has 25 heavy (non-hydrogen) atoms. The molecule has 0 aliphatic rings. The summed E-state index contributed by atoms with van der Waals surface area (Å²) < 4.78 is 11.3. The lowest BCUT2D eigenvalue weighted by Crippen LogP contribution is -2.30. The maximum atomic E-state index is 12.2. The summed E-state index contributed by atoms with van der Waals surface area (Å²) in [5.74, 6) is -0.253. The third-order valence-electron chi connectivity index (χ3n) is 3.54. The summed E-state index contributed by atoms with van der Waals surface area (Å²) in [6.45, 7) is 3.47. The van der Waals surface area contributed by atoms with E-state index in [0.717, 1.165) is 15.6 Å². The predicted octanol–water partition coefficient (Wildman–Crippen LogP) is 3.88. The van der Waals surface area contributed by atoms with Crippen molar-refractivity contribution in [2.24, 2.45) is 0 Å². The normalized spacial score (nSPS) is 11.5. The number of methoxy groups -OCH3 is 1. The minimum Gasteiger partial charge on any atom is -0.496 e. The van der Waals surface area contributed by atoms with Gasteiger partial charge >= 0.3 is 5.97 Å². The molecule has 2 aromatic carbocycles.